The Balaban J connectivity index is 1.52. The van der Waals surface area contributed by atoms with Crippen molar-refractivity contribution in [2.24, 2.45) is 0 Å². The maximum atomic E-state index is 12.7. The largest absolute Gasteiger partial charge is 0.372 e. The van der Waals surface area contributed by atoms with Crippen molar-refractivity contribution < 1.29 is 4.79 Å². The molecule has 4 nitrogen and oxygen atoms in total. The summed E-state index contributed by atoms with van der Waals surface area (Å²) in [6.07, 6.45) is 14.5. The minimum atomic E-state index is 0.0612. The number of carbonyl (C=O) groups is 1. The number of hydrogen-bond donors (Lipinski definition) is 1. The first-order valence-corrected chi connectivity index (χ1v) is 14.2. The monoisotopic (exact) mass is 491 g/mol. The first kappa shape index (κ1) is 27.0. The van der Waals surface area contributed by atoms with Gasteiger partial charge in [-0.3, -0.25) is 4.79 Å². The van der Waals surface area contributed by atoms with Crippen molar-refractivity contribution in [2.75, 3.05) is 32.3 Å². The van der Waals surface area contributed by atoms with Crippen LogP contribution in [0.15, 0.2) is 77.1 Å². The van der Waals surface area contributed by atoms with Gasteiger partial charge >= 0.3 is 0 Å². The fraction of sp³-hybridized carbons (Fsp3) is 0.433. The highest BCUT2D eigenvalue weighted by Gasteiger charge is 2.20. The lowest BCUT2D eigenvalue weighted by molar-refractivity contribution is -0.119. The number of carbonyl (C=O) groups excluding carboxylic acids is 1. The number of amides is 1. The van der Waals surface area contributed by atoms with E-state index in [2.05, 4.69) is 104 Å². The summed E-state index contributed by atoms with van der Waals surface area (Å²) in [5.41, 5.74) is 8.62. The first-order valence-electron chi connectivity index (χ1n) is 12.9. The molecule has 1 saturated heterocycles. The molecule has 0 aliphatic carbocycles. The van der Waals surface area contributed by atoms with Gasteiger partial charge < -0.3 is 15.1 Å². The molecule has 1 aromatic rings. The molecule has 0 bridgehead atoms. The van der Waals surface area contributed by atoms with Crippen LogP contribution in [0.2, 0.25) is 0 Å². The number of nitrogens with one attached hydrogen (secondary N) is 1. The summed E-state index contributed by atoms with van der Waals surface area (Å²) in [7, 11) is 0.710. The highest BCUT2D eigenvalue weighted by atomic mass is 31.1. The topological polar surface area (TPSA) is 35.6 Å². The van der Waals surface area contributed by atoms with E-state index in [-0.39, 0.29) is 5.91 Å². The van der Waals surface area contributed by atoms with Crippen LogP contribution in [0, 0.1) is 0 Å². The van der Waals surface area contributed by atoms with Crippen LogP contribution < -0.4 is 5.32 Å². The molecule has 1 fully saturated rings. The molecule has 1 amide bonds. The minimum absolute atomic E-state index is 0.0612. The van der Waals surface area contributed by atoms with E-state index in [9.17, 15) is 4.79 Å². The van der Waals surface area contributed by atoms with Gasteiger partial charge in [-0.05, 0) is 62.5 Å². The maximum absolute atomic E-state index is 12.7. The lowest BCUT2D eigenvalue weighted by atomic mass is 10.00. The molecular formula is C30H42N3OP. The highest BCUT2D eigenvalue weighted by molar-refractivity contribution is 7.43. The lowest BCUT2D eigenvalue weighted by Crippen LogP contribution is -2.44. The van der Waals surface area contributed by atoms with Gasteiger partial charge in [0.1, 0.15) is 0 Å². The molecular weight excluding hydrogens is 449 g/mol. The zero-order valence-electron chi connectivity index (χ0n) is 22.2. The minimum Gasteiger partial charge on any atom is -0.372 e. The first-order chi connectivity index (χ1) is 16.9. The Morgan fingerprint density at radius 3 is 2.23 bits per heavy atom. The number of rotatable bonds is 9. The number of piperazine rings is 1. The molecule has 35 heavy (non-hydrogen) atoms. The molecule has 0 spiro atoms. The van der Waals surface area contributed by atoms with Crippen molar-refractivity contribution in [2.45, 2.75) is 53.9 Å². The standard InChI is InChI=1S/C30H42N3OP/c1-6-8-24(5)32-16-18-33(19-17-32)30-15-14-28(22-35-30)31-29(34)21-25-10-12-26(13-11-25)27(9-7-2)20-23(3)4/h8-15,20,35H,6-7,16-19,21-22H2,1-5H3,(H,31,34)/b24-8-,27-9+. The van der Waals surface area contributed by atoms with Crippen molar-refractivity contribution in [1.82, 2.24) is 15.1 Å². The molecule has 2 aliphatic heterocycles. The van der Waals surface area contributed by atoms with Crippen molar-refractivity contribution in [3.05, 3.63) is 88.2 Å². The molecule has 0 radical (unpaired) electrons. The predicted octanol–water partition coefficient (Wildman–Crippen LogP) is 6.45. The number of nitrogens with zero attached hydrogens (tertiary/aromatic N) is 2. The van der Waals surface area contributed by atoms with Crippen molar-refractivity contribution in [3.63, 3.8) is 0 Å². The van der Waals surface area contributed by atoms with Crippen LogP contribution in [0.4, 0.5) is 0 Å². The second-order valence-electron chi connectivity index (χ2n) is 9.54. The van der Waals surface area contributed by atoms with E-state index in [1.165, 1.54) is 27.8 Å². The summed E-state index contributed by atoms with van der Waals surface area (Å²) in [5.74, 6) is 0.0612. The van der Waals surface area contributed by atoms with E-state index in [0.717, 1.165) is 56.4 Å². The predicted molar refractivity (Wildman–Crippen MR) is 153 cm³/mol. The summed E-state index contributed by atoms with van der Waals surface area (Å²) in [6.45, 7) is 15.1. The zero-order valence-corrected chi connectivity index (χ0v) is 23.2. The van der Waals surface area contributed by atoms with Crippen LogP contribution in [0.25, 0.3) is 5.57 Å². The van der Waals surface area contributed by atoms with Crippen LogP contribution in [-0.2, 0) is 11.2 Å². The Labute approximate surface area is 214 Å². The second-order valence-corrected chi connectivity index (χ2v) is 10.8. The molecule has 2 aliphatic rings. The third-order valence-corrected chi connectivity index (χ3v) is 7.74. The summed E-state index contributed by atoms with van der Waals surface area (Å²) in [4.78, 5) is 17.7. The Morgan fingerprint density at radius 2 is 1.66 bits per heavy atom. The van der Waals surface area contributed by atoms with E-state index in [4.69, 9.17) is 0 Å². The van der Waals surface area contributed by atoms with E-state index in [1.807, 2.05) is 0 Å². The van der Waals surface area contributed by atoms with E-state index >= 15 is 0 Å². The van der Waals surface area contributed by atoms with E-state index < -0.39 is 0 Å². The zero-order chi connectivity index (χ0) is 25.2. The normalized spacial score (nSPS) is 17.7. The Bertz CT molecular complexity index is 1020. The second kappa shape index (κ2) is 13.5. The Hall–Kier alpha value is -2.58. The molecule has 1 N–H and O–H groups in total. The molecule has 188 valence electrons. The van der Waals surface area contributed by atoms with E-state index in [1.54, 1.807) is 0 Å². The van der Waals surface area contributed by atoms with Gasteiger partial charge in [0.15, 0.2) is 0 Å². The van der Waals surface area contributed by atoms with Gasteiger partial charge in [-0.25, -0.2) is 0 Å². The van der Waals surface area contributed by atoms with Crippen molar-refractivity contribution in [1.29, 1.82) is 0 Å². The molecule has 5 heteroatoms. The number of hydrogen-bond acceptors (Lipinski definition) is 3. The quantitative estimate of drug-likeness (QED) is 0.318. The number of allylic oxidation sites excluding steroid dienone is 9. The van der Waals surface area contributed by atoms with Crippen LogP contribution in [-0.4, -0.2) is 48.0 Å². The fourth-order valence-electron chi connectivity index (χ4n) is 4.53. The smallest absolute Gasteiger partial charge is 0.228 e. The van der Waals surface area contributed by atoms with Crippen molar-refractivity contribution >= 4 is 20.1 Å². The fourth-order valence-corrected chi connectivity index (χ4v) is 5.75. The molecule has 3 rings (SSSR count). The summed E-state index contributed by atoms with van der Waals surface area (Å²) < 4.78 is 0. The molecule has 2 heterocycles. The average molecular weight is 492 g/mol. The van der Waals surface area contributed by atoms with Crippen molar-refractivity contribution in [3.8, 4) is 0 Å². The maximum Gasteiger partial charge on any atom is 0.228 e. The van der Waals surface area contributed by atoms with Gasteiger partial charge in [0, 0.05) is 49.2 Å². The molecule has 1 aromatic carbocycles. The summed E-state index contributed by atoms with van der Waals surface area (Å²) in [6, 6.07) is 8.39. The highest BCUT2D eigenvalue weighted by Crippen LogP contribution is 2.33. The SMILES string of the molecule is CC/C=C(/C)N1CCN(C2=CC=C(NC(=O)Cc3ccc(/C(C=C(C)C)=C/CC)cc3)CP2)CC1. The van der Waals surface area contributed by atoms with Crippen LogP contribution >= 0.6 is 8.58 Å². The number of benzene rings is 1. The van der Waals surface area contributed by atoms with Crippen LogP contribution in [0.1, 0.15) is 58.6 Å². The third kappa shape index (κ3) is 8.25. The Kier molecular flexibility index (Phi) is 10.4. The summed E-state index contributed by atoms with van der Waals surface area (Å²) >= 11 is 0. The Morgan fingerprint density at radius 1 is 0.971 bits per heavy atom. The van der Waals surface area contributed by atoms with Gasteiger partial charge in [0.05, 0.1) is 6.42 Å². The van der Waals surface area contributed by atoms with Gasteiger partial charge in [-0.15, -0.1) is 0 Å². The van der Waals surface area contributed by atoms with Gasteiger partial charge in [0.2, 0.25) is 5.91 Å². The molecule has 0 saturated carbocycles. The van der Waals surface area contributed by atoms with Crippen LogP contribution in [0.5, 0.6) is 0 Å². The van der Waals surface area contributed by atoms with E-state index in [0.29, 0.717) is 15.0 Å². The van der Waals surface area contributed by atoms with Gasteiger partial charge in [-0.2, -0.15) is 0 Å². The molecule has 0 aromatic heterocycles. The third-order valence-electron chi connectivity index (χ3n) is 6.34. The molecule has 1 unspecified atom stereocenters. The molecule has 1 atom stereocenters. The van der Waals surface area contributed by atoms with Gasteiger partial charge in [0.25, 0.3) is 0 Å². The lowest BCUT2D eigenvalue weighted by Gasteiger charge is -2.39. The van der Waals surface area contributed by atoms with Gasteiger partial charge in [-0.1, -0.05) is 70.5 Å². The van der Waals surface area contributed by atoms with Crippen LogP contribution in [0.3, 0.4) is 0 Å². The average Bonchev–Trinajstić information content (AvgIpc) is 2.85. The summed E-state index contributed by atoms with van der Waals surface area (Å²) in [5, 5.41) is 3.14.